The van der Waals surface area contributed by atoms with Crippen molar-refractivity contribution in [1.29, 1.82) is 0 Å². The third kappa shape index (κ3) is 1.28. The molecule has 0 saturated carbocycles. The van der Waals surface area contributed by atoms with Crippen LogP contribution in [0, 0.1) is 0 Å². The van der Waals surface area contributed by atoms with Crippen LogP contribution in [0.4, 0.5) is 0 Å². The fourth-order valence-corrected chi connectivity index (χ4v) is 2.70. The molecule has 0 fully saturated rings. The topological polar surface area (TPSA) is 9.23 Å². The molecule has 1 heteroatoms. The molecule has 86 valence electrons. The van der Waals surface area contributed by atoms with E-state index in [2.05, 4.69) is 60.7 Å². The molecule has 0 atom stereocenters. The summed E-state index contributed by atoms with van der Waals surface area (Å²) in [4.78, 5) is 0. The van der Waals surface area contributed by atoms with Crippen LogP contribution in [-0.2, 0) is 4.74 Å². The first-order valence-corrected chi connectivity index (χ1v) is 6.17. The number of benzene rings is 2. The molecule has 2 aromatic carbocycles. The molecule has 18 heavy (non-hydrogen) atoms. The minimum Gasteiger partial charge on any atom is -0.488 e. The van der Waals surface area contributed by atoms with E-state index in [0.29, 0.717) is 6.61 Å². The minimum atomic E-state index is 0.674. The molecule has 0 spiro atoms. The zero-order valence-electron chi connectivity index (χ0n) is 9.89. The van der Waals surface area contributed by atoms with E-state index in [9.17, 15) is 0 Å². The average Bonchev–Trinajstić information content (AvgIpc) is 2.84. The van der Waals surface area contributed by atoms with E-state index in [-0.39, 0.29) is 0 Å². The van der Waals surface area contributed by atoms with Gasteiger partial charge in [0.25, 0.3) is 0 Å². The second-order valence-electron chi connectivity index (χ2n) is 4.58. The van der Waals surface area contributed by atoms with Crippen molar-refractivity contribution in [2.75, 3.05) is 6.61 Å². The Kier molecular flexibility index (Phi) is 1.95. The summed E-state index contributed by atoms with van der Waals surface area (Å²) in [5.41, 5.74) is 3.75. The van der Waals surface area contributed by atoms with Crippen molar-refractivity contribution in [1.82, 2.24) is 0 Å². The Morgan fingerprint density at radius 3 is 2.72 bits per heavy atom. The largest absolute Gasteiger partial charge is 0.488 e. The third-order valence-electron chi connectivity index (χ3n) is 3.53. The number of hydrogen-bond donors (Lipinski definition) is 0. The van der Waals surface area contributed by atoms with Gasteiger partial charge in [-0.3, -0.25) is 0 Å². The Hall–Kier alpha value is -2.28. The lowest BCUT2D eigenvalue weighted by atomic mass is 10.00. The van der Waals surface area contributed by atoms with Crippen LogP contribution in [0.1, 0.15) is 11.1 Å². The molecule has 1 aliphatic heterocycles. The van der Waals surface area contributed by atoms with E-state index in [0.717, 1.165) is 5.76 Å². The van der Waals surface area contributed by atoms with Crippen LogP contribution >= 0.6 is 0 Å². The SMILES string of the molecule is C1=C2C(=c3ccccc3=Cc3ccccc32)OC1. The van der Waals surface area contributed by atoms with E-state index >= 15 is 0 Å². The van der Waals surface area contributed by atoms with Crippen molar-refractivity contribution in [3.8, 4) is 0 Å². The van der Waals surface area contributed by atoms with Gasteiger partial charge < -0.3 is 4.74 Å². The summed E-state index contributed by atoms with van der Waals surface area (Å²) in [6, 6.07) is 16.9. The van der Waals surface area contributed by atoms with E-state index in [1.165, 1.54) is 27.1 Å². The molecule has 0 bridgehead atoms. The fourth-order valence-electron chi connectivity index (χ4n) is 2.70. The molecule has 0 saturated heterocycles. The molecule has 0 radical (unpaired) electrons. The molecular weight excluding hydrogens is 220 g/mol. The van der Waals surface area contributed by atoms with Gasteiger partial charge in [0.15, 0.2) is 0 Å². The van der Waals surface area contributed by atoms with Gasteiger partial charge in [-0.25, -0.2) is 0 Å². The molecule has 1 aliphatic carbocycles. The van der Waals surface area contributed by atoms with Crippen molar-refractivity contribution in [2.45, 2.75) is 0 Å². The van der Waals surface area contributed by atoms with Gasteiger partial charge in [0.2, 0.25) is 0 Å². The van der Waals surface area contributed by atoms with Gasteiger partial charge in [0, 0.05) is 10.8 Å². The maximum atomic E-state index is 5.82. The monoisotopic (exact) mass is 232 g/mol. The summed E-state index contributed by atoms with van der Waals surface area (Å²) in [6.45, 7) is 0.674. The zero-order chi connectivity index (χ0) is 11.9. The van der Waals surface area contributed by atoms with Crippen LogP contribution < -0.4 is 10.4 Å². The Balaban J connectivity index is 2.22. The molecule has 0 unspecified atom stereocenters. The first-order valence-electron chi connectivity index (χ1n) is 6.17. The van der Waals surface area contributed by atoms with Crippen LogP contribution in [0.15, 0.2) is 54.6 Å². The Labute approximate surface area is 105 Å². The average molecular weight is 232 g/mol. The summed E-state index contributed by atoms with van der Waals surface area (Å²) < 4.78 is 5.82. The summed E-state index contributed by atoms with van der Waals surface area (Å²) in [5, 5.41) is 2.42. The van der Waals surface area contributed by atoms with Gasteiger partial charge in [0.1, 0.15) is 12.4 Å². The summed E-state index contributed by atoms with van der Waals surface area (Å²) in [7, 11) is 0. The van der Waals surface area contributed by atoms with Crippen molar-refractivity contribution in [3.05, 3.63) is 76.2 Å². The van der Waals surface area contributed by atoms with Crippen LogP contribution in [0.2, 0.25) is 0 Å². The van der Waals surface area contributed by atoms with Crippen LogP contribution in [0.5, 0.6) is 0 Å². The lowest BCUT2D eigenvalue weighted by Gasteiger charge is -2.06. The molecule has 0 N–H and O–H groups in total. The van der Waals surface area contributed by atoms with Crippen LogP contribution in [-0.4, -0.2) is 6.61 Å². The first kappa shape index (κ1) is 9.72. The van der Waals surface area contributed by atoms with Crippen molar-refractivity contribution in [3.63, 3.8) is 0 Å². The molecule has 2 aliphatic rings. The van der Waals surface area contributed by atoms with Crippen molar-refractivity contribution in [2.24, 2.45) is 0 Å². The number of hydrogen-bond acceptors (Lipinski definition) is 1. The van der Waals surface area contributed by atoms with E-state index < -0.39 is 0 Å². The summed E-state index contributed by atoms with van der Waals surface area (Å²) in [6.07, 6.45) is 4.41. The molecule has 4 rings (SSSR count). The van der Waals surface area contributed by atoms with Crippen molar-refractivity contribution < 1.29 is 4.74 Å². The normalized spacial score (nSPS) is 15.6. The van der Waals surface area contributed by atoms with E-state index in [1.54, 1.807) is 0 Å². The third-order valence-corrected chi connectivity index (χ3v) is 3.53. The molecule has 0 aromatic heterocycles. The van der Waals surface area contributed by atoms with Gasteiger partial charge in [-0.15, -0.1) is 0 Å². The molecule has 0 amide bonds. The minimum absolute atomic E-state index is 0.674. The first-order chi connectivity index (χ1) is 8.93. The zero-order valence-corrected chi connectivity index (χ0v) is 9.89. The lowest BCUT2D eigenvalue weighted by molar-refractivity contribution is 0.335. The highest BCUT2D eigenvalue weighted by Crippen LogP contribution is 2.32. The second-order valence-corrected chi connectivity index (χ2v) is 4.58. The molecule has 1 heterocycles. The maximum absolute atomic E-state index is 5.82. The van der Waals surface area contributed by atoms with Crippen molar-refractivity contribution >= 4 is 17.4 Å². The van der Waals surface area contributed by atoms with E-state index in [1.807, 2.05) is 0 Å². The van der Waals surface area contributed by atoms with Gasteiger partial charge in [-0.1, -0.05) is 48.5 Å². The molecule has 2 aromatic rings. The highest BCUT2D eigenvalue weighted by Gasteiger charge is 2.19. The highest BCUT2D eigenvalue weighted by atomic mass is 16.5. The molecule has 1 nitrogen and oxygen atoms in total. The Morgan fingerprint density at radius 2 is 1.72 bits per heavy atom. The standard InChI is InChI=1S/C17H12O/c1-3-7-14-12(5-1)11-13-6-2-4-8-15(13)17-16(14)9-10-18-17/h1-9,11H,10H2. The number of ether oxygens (including phenoxy) is 1. The van der Waals surface area contributed by atoms with Gasteiger partial charge in [-0.05, 0) is 28.5 Å². The van der Waals surface area contributed by atoms with Crippen LogP contribution in [0.3, 0.4) is 0 Å². The predicted molar refractivity (Wildman–Crippen MR) is 73.0 cm³/mol. The Bertz CT molecular complexity index is 781. The Morgan fingerprint density at radius 1 is 0.889 bits per heavy atom. The smallest absolute Gasteiger partial charge is 0.135 e. The number of fused-ring (bicyclic) bond motifs is 4. The maximum Gasteiger partial charge on any atom is 0.135 e. The summed E-state index contributed by atoms with van der Waals surface area (Å²) in [5.74, 6) is 1.02. The van der Waals surface area contributed by atoms with Gasteiger partial charge >= 0.3 is 0 Å². The van der Waals surface area contributed by atoms with E-state index in [4.69, 9.17) is 4.74 Å². The summed E-state index contributed by atoms with van der Waals surface area (Å²) >= 11 is 0. The fraction of sp³-hybridized carbons (Fsp3) is 0.0588. The predicted octanol–water partition coefficient (Wildman–Crippen LogP) is 2.05. The lowest BCUT2D eigenvalue weighted by Crippen LogP contribution is -2.26. The number of rotatable bonds is 0. The quantitative estimate of drug-likeness (QED) is 0.675. The molecular formula is C17H12O. The van der Waals surface area contributed by atoms with Gasteiger partial charge in [0.05, 0.1) is 0 Å². The highest BCUT2D eigenvalue weighted by molar-refractivity contribution is 5.99. The van der Waals surface area contributed by atoms with Crippen LogP contribution in [0.25, 0.3) is 17.4 Å². The van der Waals surface area contributed by atoms with Gasteiger partial charge in [-0.2, -0.15) is 0 Å². The second kappa shape index (κ2) is 3.61.